The molecule has 0 saturated carbocycles. The fourth-order valence-corrected chi connectivity index (χ4v) is 10.4. The molecule has 0 unspecified atom stereocenters. The number of unbranched alkanes of at least 4 members (excludes halogenated alkanes) is 1. The van der Waals surface area contributed by atoms with Gasteiger partial charge in [-0.15, -0.1) is 0 Å². The van der Waals surface area contributed by atoms with Crippen LogP contribution in [-0.4, -0.2) is 86.3 Å². The largest absolute Gasteiger partial charge is 0.469 e. The van der Waals surface area contributed by atoms with Gasteiger partial charge in [0, 0.05) is 61.7 Å². The van der Waals surface area contributed by atoms with E-state index in [4.69, 9.17) is 9.47 Å². The van der Waals surface area contributed by atoms with Crippen LogP contribution >= 0.6 is 0 Å². The standard InChI is InChI=1S/C36H49N3O8Si/c1-25-34(48(3,4)45)30(23-32(42)37(20-21-40)24-26-12-6-5-7-13-26)47-36(25)28-22-27(38-18-10-8-14-31(38)41)16-17-29(28)39(35(36)44)19-11-9-15-33(43)46-2/h5-7,12-13,16-17,22,25,30,34,40,45H,8-11,14-15,18-21,23-24H2,1-4H3/t25-,30+,34-,36+/m1/s1. The Morgan fingerprint density at radius 1 is 1.10 bits per heavy atom. The molecule has 0 aliphatic carbocycles. The SMILES string of the molecule is COC(=O)CCCCN1C(=O)[C@@]2(O[C@@H](CC(=O)N(CCO)Cc3ccccc3)[C@H]([Si](C)(C)O)[C@H]2C)c2cc(N3CCCCC3=O)ccc21. The van der Waals surface area contributed by atoms with Crippen LogP contribution in [0.1, 0.15) is 63.0 Å². The lowest BCUT2D eigenvalue weighted by Gasteiger charge is -2.33. The normalized spacial score (nSPS) is 23.9. The number of benzene rings is 2. The Labute approximate surface area is 283 Å². The van der Waals surface area contributed by atoms with E-state index >= 15 is 0 Å². The highest BCUT2D eigenvalue weighted by Gasteiger charge is 2.66. The molecule has 260 valence electrons. The Morgan fingerprint density at radius 2 is 1.85 bits per heavy atom. The van der Waals surface area contributed by atoms with Crippen LogP contribution in [-0.2, 0) is 40.8 Å². The van der Waals surface area contributed by atoms with Gasteiger partial charge in [0.05, 0.1) is 31.9 Å². The monoisotopic (exact) mass is 679 g/mol. The number of aliphatic hydroxyl groups excluding tert-OH is 1. The topological polar surface area (TPSA) is 137 Å². The van der Waals surface area contributed by atoms with E-state index in [9.17, 15) is 29.1 Å². The Hall–Kier alpha value is -3.58. The van der Waals surface area contributed by atoms with Crippen molar-refractivity contribution in [1.82, 2.24) is 4.90 Å². The number of hydrogen-bond donors (Lipinski definition) is 2. The second-order valence-corrected chi connectivity index (χ2v) is 17.8. The average Bonchev–Trinajstić information content (AvgIpc) is 3.49. The lowest BCUT2D eigenvalue weighted by molar-refractivity contribution is -0.150. The van der Waals surface area contributed by atoms with Gasteiger partial charge in [-0.1, -0.05) is 37.3 Å². The lowest BCUT2D eigenvalue weighted by Crippen LogP contribution is -2.46. The van der Waals surface area contributed by atoms with E-state index < -0.39 is 31.5 Å². The van der Waals surface area contributed by atoms with Crippen molar-refractivity contribution >= 4 is 43.4 Å². The van der Waals surface area contributed by atoms with Crippen molar-refractivity contribution in [2.75, 3.05) is 43.2 Å². The number of anilines is 2. The van der Waals surface area contributed by atoms with E-state index in [1.807, 2.05) is 68.5 Å². The number of amides is 3. The van der Waals surface area contributed by atoms with Crippen LogP contribution < -0.4 is 9.80 Å². The number of carbonyl (C=O) groups is 4. The number of aliphatic hydroxyl groups is 1. The molecule has 0 aromatic heterocycles. The quantitative estimate of drug-likeness (QED) is 0.184. The third-order valence-corrected chi connectivity index (χ3v) is 12.7. The van der Waals surface area contributed by atoms with E-state index in [0.29, 0.717) is 55.8 Å². The Bertz CT molecular complexity index is 1500. The number of rotatable bonds is 13. The molecule has 2 aromatic carbocycles. The molecule has 12 heteroatoms. The molecular weight excluding hydrogens is 630 g/mol. The predicted molar refractivity (Wildman–Crippen MR) is 184 cm³/mol. The minimum absolute atomic E-state index is 0.0345. The maximum absolute atomic E-state index is 14.7. The summed E-state index contributed by atoms with van der Waals surface area (Å²) in [5.74, 6) is -1.26. The summed E-state index contributed by atoms with van der Waals surface area (Å²) in [6.45, 7) is 6.74. The number of methoxy groups -OCH3 is 1. The molecule has 4 atom stereocenters. The first-order valence-electron chi connectivity index (χ1n) is 17.1. The minimum Gasteiger partial charge on any atom is -0.469 e. The van der Waals surface area contributed by atoms with Crippen LogP contribution in [0.15, 0.2) is 48.5 Å². The third-order valence-electron chi connectivity index (χ3n) is 10.2. The second-order valence-electron chi connectivity index (χ2n) is 13.8. The van der Waals surface area contributed by atoms with Crippen molar-refractivity contribution in [3.05, 3.63) is 59.7 Å². The molecular formula is C36H49N3O8Si. The van der Waals surface area contributed by atoms with Crippen LogP contribution in [0.25, 0.3) is 0 Å². The van der Waals surface area contributed by atoms with Crippen LogP contribution in [0.5, 0.6) is 0 Å². The van der Waals surface area contributed by atoms with E-state index in [1.54, 1.807) is 14.7 Å². The van der Waals surface area contributed by atoms with Crippen molar-refractivity contribution in [3.8, 4) is 0 Å². The van der Waals surface area contributed by atoms with Crippen LogP contribution in [0.4, 0.5) is 11.4 Å². The summed E-state index contributed by atoms with van der Waals surface area (Å²) >= 11 is 0. The number of ether oxygens (including phenoxy) is 2. The first-order valence-corrected chi connectivity index (χ1v) is 20.1. The van der Waals surface area contributed by atoms with Gasteiger partial charge < -0.3 is 34.1 Å². The van der Waals surface area contributed by atoms with Crippen molar-refractivity contribution in [2.45, 2.75) is 88.8 Å². The molecule has 2 saturated heterocycles. The number of piperidine rings is 1. The van der Waals surface area contributed by atoms with Gasteiger partial charge in [0.25, 0.3) is 5.91 Å². The van der Waals surface area contributed by atoms with E-state index in [0.717, 1.165) is 18.4 Å². The number of esters is 1. The second kappa shape index (κ2) is 14.9. The van der Waals surface area contributed by atoms with Gasteiger partial charge in [-0.3, -0.25) is 19.2 Å². The third kappa shape index (κ3) is 7.07. The van der Waals surface area contributed by atoms with E-state index in [2.05, 4.69) is 0 Å². The molecule has 48 heavy (non-hydrogen) atoms. The summed E-state index contributed by atoms with van der Waals surface area (Å²) in [6.07, 6.45) is 2.70. The lowest BCUT2D eigenvalue weighted by atomic mass is 9.82. The molecule has 2 N–H and O–H groups in total. The average molecular weight is 680 g/mol. The maximum atomic E-state index is 14.7. The van der Waals surface area contributed by atoms with Crippen LogP contribution in [0.3, 0.4) is 0 Å². The summed E-state index contributed by atoms with van der Waals surface area (Å²) < 4.78 is 11.7. The molecule has 0 radical (unpaired) electrons. The summed E-state index contributed by atoms with van der Waals surface area (Å²) in [4.78, 5) is 70.1. The highest BCUT2D eigenvalue weighted by Crippen LogP contribution is 2.60. The molecule has 1 spiro atoms. The van der Waals surface area contributed by atoms with Gasteiger partial charge >= 0.3 is 5.97 Å². The Morgan fingerprint density at radius 3 is 2.52 bits per heavy atom. The summed E-state index contributed by atoms with van der Waals surface area (Å²) in [6, 6.07) is 15.2. The van der Waals surface area contributed by atoms with Crippen LogP contribution in [0.2, 0.25) is 18.6 Å². The van der Waals surface area contributed by atoms with Gasteiger partial charge in [-0.25, -0.2) is 0 Å². The summed E-state index contributed by atoms with van der Waals surface area (Å²) in [5, 5.41) is 9.81. The zero-order valence-electron chi connectivity index (χ0n) is 28.5. The molecule has 3 aliphatic rings. The van der Waals surface area contributed by atoms with Crippen molar-refractivity contribution in [1.29, 1.82) is 0 Å². The molecule has 0 bridgehead atoms. The molecule has 3 aliphatic heterocycles. The summed E-state index contributed by atoms with van der Waals surface area (Å²) in [5.41, 5.74) is 0.988. The van der Waals surface area contributed by atoms with Gasteiger partial charge in [0.2, 0.25) is 11.8 Å². The molecule has 3 heterocycles. The fraction of sp³-hybridized carbons (Fsp3) is 0.556. The van der Waals surface area contributed by atoms with E-state index in [1.165, 1.54) is 7.11 Å². The van der Waals surface area contributed by atoms with Gasteiger partial charge in [0.1, 0.15) is 0 Å². The molecule has 3 amide bonds. The zero-order chi connectivity index (χ0) is 34.6. The first-order chi connectivity index (χ1) is 22.9. The Balaban J connectivity index is 1.51. The van der Waals surface area contributed by atoms with Crippen LogP contribution in [0, 0.1) is 5.92 Å². The maximum Gasteiger partial charge on any atom is 0.305 e. The highest BCUT2D eigenvalue weighted by atomic mass is 28.4. The smallest absolute Gasteiger partial charge is 0.305 e. The molecule has 2 aromatic rings. The fourth-order valence-electron chi connectivity index (χ4n) is 7.89. The van der Waals surface area contributed by atoms with Gasteiger partial charge in [-0.2, -0.15) is 0 Å². The molecule has 5 rings (SSSR count). The molecule has 2 fully saturated rings. The number of fused-ring (bicyclic) bond motifs is 2. The highest BCUT2D eigenvalue weighted by molar-refractivity contribution is 6.71. The number of hydrogen-bond acceptors (Lipinski definition) is 8. The predicted octanol–water partition coefficient (Wildman–Crippen LogP) is 4.10. The van der Waals surface area contributed by atoms with E-state index in [-0.39, 0.29) is 49.7 Å². The molecule has 11 nitrogen and oxygen atoms in total. The van der Waals surface area contributed by atoms with Crippen molar-refractivity contribution < 1.29 is 38.6 Å². The zero-order valence-corrected chi connectivity index (χ0v) is 29.5. The summed E-state index contributed by atoms with van der Waals surface area (Å²) in [7, 11) is -1.70. The Kier molecular flexibility index (Phi) is 11.1. The first kappa shape index (κ1) is 35.7. The van der Waals surface area contributed by atoms with Crippen molar-refractivity contribution in [2.24, 2.45) is 5.92 Å². The van der Waals surface area contributed by atoms with Gasteiger partial charge in [-0.05, 0) is 62.5 Å². The van der Waals surface area contributed by atoms with Gasteiger partial charge in [0.15, 0.2) is 13.9 Å². The number of carbonyl (C=O) groups excluding carboxylic acids is 4. The number of nitrogens with zero attached hydrogens (tertiary/aromatic N) is 3. The minimum atomic E-state index is -3.05. The van der Waals surface area contributed by atoms with Crippen molar-refractivity contribution in [3.63, 3.8) is 0 Å².